The second-order valence-electron chi connectivity index (χ2n) is 13.0. The fourth-order valence-corrected chi connectivity index (χ4v) is 6.80. The highest BCUT2D eigenvalue weighted by Gasteiger charge is 2.20. The van der Waals surface area contributed by atoms with Crippen LogP contribution >= 0.6 is 0 Å². The number of hydrogen-bond donors (Lipinski definition) is 2. The lowest BCUT2D eigenvalue weighted by Crippen LogP contribution is -2.32. The summed E-state index contributed by atoms with van der Waals surface area (Å²) >= 11 is 0. The van der Waals surface area contributed by atoms with Crippen LogP contribution in [0.2, 0.25) is 0 Å². The molecule has 0 radical (unpaired) electrons. The van der Waals surface area contributed by atoms with Gasteiger partial charge in [-0.25, -0.2) is 4.68 Å². The van der Waals surface area contributed by atoms with Crippen LogP contribution in [-0.4, -0.2) is 67.3 Å². The van der Waals surface area contributed by atoms with Crippen LogP contribution in [0.1, 0.15) is 32.7 Å². The second kappa shape index (κ2) is 16.6. The molecule has 5 aromatic carbocycles. The zero-order valence-corrected chi connectivity index (χ0v) is 31.0. The number of amides is 1. The first-order chi connectivity index (χ1) is 26.5. The molecule has 54 heavy (non-hydrogen) atoms. The topological polar surface area (TPSA) is 112 Å². The van der Waals surface area contributed by atoms with Gasteiger partial charge in [-0.2, -0.15) is 0 Å². The van der Waals surface area contributed by atoms with Gasteiger partial charge < -0.3 is 29.6 Å². The summed E-state index contributed by atoms with van der Waals surface area (Å²) in [5.74, 6) is 2.55. The molecule has 276 valence electrons. The van der Waals surface area contributed by atoms with Crippen molar-refractivity contribution in [3.05, 3.63) is 137 Å². The lowest BCUT2D eigenvalue weighted by atomic mass is 9.98. The van der Waals surface area contributed by atoms with Gasteiger partial charge in [0.1, 0.15) is 5.69 Å². The second-order valence-corrected chi connectivity index (χ2v) is 13.0. The number of rotatable bonds is 14. The summed E-state index contributed by atoms with van der Waals surface area (Å²) in [7, 11) is 6.55. The Morgan fingerprint density at radius 2 is 1.43 bits per heavy atom. The number of carbonyl (C=O) groups is 1. The van der Waals surface area contributed by atoms with Crippen molar-refractivity contribution < 1.29 is 23.7 Å². The fraction of sp³-hybridized carbons (Fsp3) is 0.233. The van der Waals surface area contributed by atoms with E-state index in [0.29, 0.717) is 29.3 Å². The fourth-order valence-electron chi connectivity index (χ4n) is 6.80. The lowest BCUT2D eigenvalue weighted by molar-refractivity contribution is 0.102. The lowest BCUT2D eigenvalue weighted by Gasteiger charge is -2.29. The van der Waals surface area contributed by atoms with E-state index in [9.17, 15) is 4.79 Å². The van der Waals surface area contributed by atoms with Gasteiger partial charge in [-0.3, -0.25) is 9.69 Å². The minimum Gasteiger partial charge on any atom is -0.493 e. The van der Waals surface area contributed by atoms with Gasteiger partial charge in [0.2, 0.25) is 0 Å². The number of hydrogen-bond acceptors (Lipinski definition) is 9. The van der Waals surface area contributed by atoms with Gasteiger partial charge in [0.25, 0.3) is 5.91 Å². The number of carbonyl (C=O) groups excluding carboxylic acids is 1. The van der Waals surface area contributed by atoms with E-state index < -0.39 is 0 Å². The number of para-hydroxylation sites is 2. The van der Waals surface area contributed by atoms with E-state index >= 15 is 0 Å². The highest BCUT2D eigenvalue weighted by atomic mass is 16.5. The first-order valence-electron chi connectivity index (χ1n) is 17.9. The molecule has 6 aromatic rings. The van der Waals surface area contributed by atoms with Gasteiger partial charge in [0, 0.05) is 25.2 Å². The SMILES string of the molecule is COc1ccc(-c2ccccc2C(=O)Nc2ccccc2NCc2cn(-c3ccc(CCN4CCc5cc(OC)c(OC)cc5C4)cc3)nn2)cc1OC. The van der Waals surface area contributed by atoms with Gasteiger partial charge in [0.15, 0.2) is 23.0 Å². The Balaban J connectivity index is 0.953. The van der Waals surface area contributed by atoms with Crippen LogP contribution in [0, 0.1) is 0 Å². The predicted octanol–water partition coefficient (Wildman–Crippen LogP) is 7.43. The van der Waals surface area contributed by atoms with E-state index in [2.05, 4.69) is 62.2 Å². The molecular weight excluding hydrogens is 681 g/mol. The average molecular weight is 725 g/mol. The number of aromatic nitrogens is 3. The van der Waals surface area contributed by atoms with E-state index in [4.69, 9.17) is 18.9 Å². The molecule has 0 saturated carbocycles. The summed E-state index contributed by atoms with van der Waals surface area (Å²) < 4.78 is 23.7. The standard InChI is InChI=1S/C43H44N6O5/c1-51-39-18-15-31(24-40(39)52-2)35-9-5-6-10-36(35)43(50)45-38-12-8-7-11-37(38)44-26-33-28-49(47-46-33)34-16-13-29(14-17-34)19-21-48-22-20-30-23-41(53-3)42(54-4)25-32(30)27-48/h5-18,23-25,28,44H,19-22,26-27H2,1-4H3,(H,45,50). The van der Waals surface area contributed by atoms with Crippen LogP contribution in [0.25, 0.3) is 16.8 Å². The van der Waals surface area contributed by atoms with Crippen molar-refractivity contribution in [1.82, 2.24) is 19.9 Å². The molecule has 1 aromatic heterocycles. The molecule has 0 bridgehead atoms. The third kappa shape index (κ3) is 8.01. The van der Waals surface area contributed by atoms with Crippen LogP contribution in [-0.2, 0) is 25.9 Å². The molecule has 2 heterocycles. The molecule has 1 aliphatic rings. The van der Waals surface area contributed by atoms with Crippen molar-refractivity contribution in [2.45, 2.75) is 25.9 Å². The van der Waals surface area contributed by atoms with Crippen LogP contribution < -0.4 is 29.6 Å². The predicted molar refractivity (Wildman–Crippen MR) is 210 cm³/mol. The van der Waals surface area contributed by atoms with Crippen LogP contribution in [0.3, 0.4) is 0 Å². The van der Waals surface area contributed by atoms with Gasteiger partial charge in [-0.05, 0) is 95.3 Å². The van der Waals surface area contributed by atoms with E-state index in [1.165, 1.54) is 16.7 Å². The van der Waals surface area contributed by atoms with E-state index in [1.54, 1.807) is 33.1 Å². The summed E-state index contributed by atoms with van der Waals surface area (Å²) in [5, 5.41) is 15.3. The molecule has 11 nitrogen and oxygen atoms in total. The summed E-state index contributed by atoms with van der Waals surface area (Å²) in [5.41, 5.74) is 9.17. The molecule has 1 amide bonds. The maximum absolute atomic E-state index is 13.7. The maximum atomic E-state index is 13.7. The Labute approximate surface area is 315 Å². The first kappa shape index (κ1) is 36.0. The quantitative estimate of drug-likeness (QED) is 0.118. The summed E-state index contributed by atoms with van der Waals surface area (Å²) in [6.07, 6.45) is 3.86. The Kier molecular flexibility index (Phi) is 11.1. The molecule has 0 saturated heterocycles. The number of ether oxygens (including phenoxy) is 4. The molecule has 0 unspecified atom stereocenters. The molecular formula is C43H44N6O5. The largest absolute Gasteiger partial charge is 0.493 e. The van der Waals surface area contributed by atoms with Crippen LogP contribution in [0.5, 0.6) is 23.0 Å². The minimum atomic E-state index is -0.230. The molecule has 0 aliphatic carbocycles. The third-order valence-electron chi connectivity index (χ3n) is 9.76. The highest BCUT2D eigenvalue weighted by Crippen LogP contribution is 2.35. The van der Waals surface area contributed by atoms with Crippen LogP contribution in [0.4, 0.5) is 11.4 Å². The number of nitrogens with one attached hydrogen (secondary N) is 2. The monoisotopic (exact) mass is 724 g/mol. The smallest absolute Gasteiger partial charge is 0.256 e. The highest BCUT2D eigenvalue weighted by molar-refractivity contribution is 6.10. The Hall–Kier alpha value is -6.33. The summed E-state index contributed by atoms with van der Waals surface area (Å²) in [4.78, 5) is 16.2. The van der Waals surface area contributed by atoms with Crippen molar-refractivity contribution in [3.8, 4) is 39.8 Å². The number of methoxy groups -OCH3 is 4. The van der Waals surface area contributed by atoms with Gasteiger partial charge in [-0.1, -0.05) is 53.7 Å². The maximum Gasteiger partial charge on any atom is 0.256 e. The van der Waals surface area contributed by atoms with E-state index in [-0.39, 0.29) is 5.91 Å². The van der Waals surface area contributed by atoms with Gasteiger partial charge in [0.05, 0.1) is 58.2 Å². The zero-order valence-electron chi connectivity index (χ0n) is 31.0. The molecule has 7 rings (SSSR count). The zero-order chi connectivity index (χ0) is 37.4. The Morgan fingerprint density at radius 1 is 0.741 bits per heavy atom. The van der Waals surface area contributed by atoms with E-state index in [0.717, 1.165) is 72.2 Å². The molecule has 1 aliphatic heterocycles. The van der Waals surface area contributed by atoms with Crippen molar-refractivity contribution in [3.63, 3.8) is 0 Å². The van der Waals surface area contributed by atoms with E-state index in [1.807, 2.05) is 72.9 Å². The molecule has 0 spiro atoms. The van der Waals surface area contributed by atoms with Crippen LogP contribution in [0.15, 0.2) is 109 Å². The number of anilines is 2. The average Bonchev–Trinajstić information content (AvgIpc) is 3.71. The van der Waals surface area contributed by atoms with Gasteiger partial charge in [-0.15, -0.1) is 5.10 Å². The Morgan fingerprint density at radius 3 is 2.19 bits per heavy atom. The number of nitrogens with zero attached hydrogens (tertiary/aromatic N) is 4. The molecule has 11 heteroatoms. The molecule has 0 atom stereocenters. The normalized spacial score (nSPS) is 12.4. The molecule has 0 fully saturated rings. The molecule has 2 N–H and O–H groups in total. The van der Waals surface area contributed by atoms with Gasteiger partial charge >= 0.3 is 0 Å². The third-order valence-corrected chi connectivity index (χ3v) is 9.76. The summed E-state index contributed by atoms with van der Waals surface area (Å²) in [6.45, 7) is 3.31. The van der Waals surface area contributed by atoms with Crippen molar-refractivity contribution in [2.24, 2.45) is 0 Å². The van der Waals surface area contributed by atoms with Crippen molar-refractivity contribution in [2.75, 3.05) is 52.2 Å². The Bertz CT molecular complexity index is 2230. The summed E-state index contributed by atoms with van der Waals surface area (Å²) in [6, 6.07) is 33.4. The number of fused-ring (bicyclic) bond motifs is 1. The minimum absolute atomic E-state index is 0.230. The van der Waals surface area contributed by atoms with Crippen molar-refractivity contribution in [1.29, 1.82) is 0 Å². The number of benzene rings is 5. The van der Waals surface area contributed by atoms with Crippen molar-refractivity contribution >= 4 is 17.3 Å². The first-order valence-corrected chi connectivity index (χ1v) is 17.9.